The molecule has 34 heavy (non-hydrogen) atoms. The molecule has 0 aliphatic rings. The normalized spacial score (nSPS) is 13.1. The Labute approximate surface area is 219 Å². The lowest BCUT2D eigenvalue weighted by Gasteiger charge is -2.32. The standard InChI is InChI=1S/C23H28BrCl2N3O4S/c1-5-15(2)27-23(31)16(3)28(13-17-10-11-18(25)12-20(17)26)22(30)14-29(34(4,32)33)21-9-7-6-8-19(21)24/h6-12,15-16H,5,13-14H2,1-4H3,(H,27,31)/t15-,16-/m1/s1. The minimum atomic E-state index is -3.81. The van der Waals surface area contributed by atoms with Gasteiger partial charge in [-0.25, -0.2) is 8.42 Å². The summed E-state index contributed by atoms with van der Waals surface area (Å²) in [4.78, 5) is 27.7. The lowest BCUT2D eigenvalue weighted by atomic mass is 10.1. The third-order valence-electron chi connectivity index (χ3n) is 5.32. The van der Waals surface area contributed by atoms with E-state index < -0.39 is 28.5 Å². The zero-order chi connectivity index (χ0) is 25.6. The van der Waals surface area contributed by atoms with Gasteiger partial charge in [0.2, 0.25) is 21.8 Å². The average Bonchev–Trinajstić information content (AvgIpc) is 2.76. The van der Waals surface area contributed by atoms with Crippen LogP contribution in [0.15, 0.2) is 46.9 Å². The van der Waals surface area contributed by atoms with Crippen molar-refractivity contribution in [2.75, 3.05) is 17.1 Å². The number of anilines is 1. The van der Waals surface area contributed by atoms with Gasteiger partial charge in [-0.15, -0.1) is 0 Å². The van der Waals surface area contributed by atoms with Crippen LogP contribution < -0.4 is 9.62 Å². The zero-order valence-electron chi connectivity index (χ0n) is 19.4. The van der Waals surface area contributed by atoms with Crippen molar-refractivity contribution in [3.63, 3.8) is 0 Å². The number of sulfonamides is 1. The fourth-order valence-corrected chi connectivity index (χ4v) is 5.08. The number of carbonyl (C=O) groups excluding carboxylic acids is 2. The van der Waals surface area contributed by atoms with Crippen LogP contribution in [0.4, 0.5) is 5.69 Å². The van der Waals surface area contributed by atoms with Gasteiger partial charge in [-0.1, -0.05) is 48.3 Å². The maximum absolute atomic E-state index is 13.5. The Morgan fingerprint density at radius 1 is 1.12 bits per heavy atom. The highest BCUT2D eigenvalue weighted by molar-refractivity contribution is 9.10. The van der Waals surface area contributed by atoms with E-state index in [0.29, 0.717) is 25.8 Å². The molecule has 1 N–H and O–H groups in total. The van der Waals surface area contributed by atoms with Gasteiger partial charge in [0.25, 0.3) is 0 Å². The van der Waals surface area contributed by atoms with Gasteiger partial charge in [0.05, 0.1) is 11.9 Å². The molecule has 0 unspecified atom stereocenters. The molecule has 0 aliphatic heterocycles. The van der Waals surface area contributed by atoms with E-state index in [1.165, 1.54) is 4.90 Å². The second-order valence-electron chi connectivity index (χ2n) is 7.97. The summed E-state index contributed by atoms with van der Waals surface area (Å²) in [6.45, 7) is 4.91. The number of hydrogen-bond acceptors (Lipinski definition) is 4. The van der Waals surface area contributed by atoms with E-state index in [0.717, 1.165) is 17.0 Å². The van der Waals surface area contributed by atoms with E-state index in [4.69, 9.17) is 23.2 Å². The minimum Gasteiger partial charge on any atom is -0.352 e. The van der Waals surface area contributed by atoms with Gasteiger partial charge < -0.3 is 10.2 Å². The van der Waals surface area contributed by atoms with E-state index in [1.807, 2.05) is 13.8 Å². The molecule has 0 heterocycles. The Hall–Kier alpha value is -1.81. The predicted molar refractivity (Wildman–Crippen MR) is 141 cm³/mol. The lowest BCUT2D eigenvalue weighted by Crippen LogP contribution is -2.52. The Morgan fingerprint density at radius 2 is 1.76 bits per heavy atom. The lowest BCUT2D eigenvalue weighted by molar-refractivity contribution is -0.139. The largest absolute Gasteiger partial charge is 0.352 e. The van der Waals surface area contributed by atoms with E-state index in [-0.39, 0.29) is 18.5 Å². The molecular weight excluding hydrogens is 565 g/mol. The van der Waals surface area contributed by atoms with Crippen LogP contribution in [0.1, 0.15) is 32.8 Å². The molecule has 0 saturated carbocycles. The number of hydrogen-bond donors (Lipinski definition) is 1. The van der Waals surface area contributed by atoms with Crippen molar-refractivity contribution in [3.05, 3.63) is 62.5 Å². The molecular formula is C23H28BrCl2N3O4S. The second-order valence-corrected chi connectivity index (χ2v) is 11.6. The maximum atomic E-state index is 13.5. The van der Waals surface area contributed by atoms with Crippen LogP contribution in [-0.2, 0) is 26.2 Å². The molecule has 2 rings (SSSR count). The summed E-state index contributed by atoms with van der Waals surface area (Å²) in [5.74, 6) is -0.904. The van der Waals surface area contributed by atoms with Gasteiger partial charge in [0, 0.05) is 27.1 Å². The quantitative estimate of drug-likeness (QED) is 0.427. The third kappa shape index (κ3) is 7.60. The molecule has 0 fully saturated rings. The van der Waals surface area contributed by atoms with E-state index in [9.17, 15) is 18.0 Å². The van der Waals surface area contributed by atoms with Gasteiger partial charge >= 0.3 is 0 Å². The Kier molecular flexibility index (Phi) is 10.2. The molecule has 0 saturated heterocycles. The fourth-order valence-electron chi connectivity index (χ4n) is 3.13. The van der Waals surface area contributed by atoms with Crippen LogP contribution >= 0.6 is 39.1 Å². The van der Waals surface area contributed by atoms with Gasteiger partial charge in [-0.05, 0) is 66.0 Å². The smallest absolute Gasteiger partial charge is 0.244 e. The monoisotopic (exact) mass is 591 g/mol. The van der Waals surface area contributed by atoms with Crippen LogP contribution in [0, 0.1) is 0 Å². The first-order valence-corrected chi connectivity index (χ1v) is 14.0. The number of halogens is 3. The number of rotatable bonds is 10. The summed E-state index contributed by atoms with van der Waals surface area (Å²) >= 11 is 15.7. The number of amides is 2. The van der Waals surface area contributed by atoms with Gasteiger partial charge in [0.15, 0.2) is 0 Å². The minimum absolute atomic E-state index is 0.00249. The van der Waals surface area contributed by atoms with Crippen LogP contribution in [0.3, 0.4) is 0 Å². The molecule has 186 valence electrons. The number of benzene rings is 2. The molecule has 0 bridgehead atoms. The van der Waals surface area contributed by atoms with Crippen molar-refractivity contribution in [1.82, 2.24) is 10.2 Å². The fraction of sp³-hybridized carbons (Fsp3) is 0.391. The number of para-hydroxylation sites is 1. The second kappa shape index (κ2) is 12.2. The first-order chi connectivity index (χ1) is 15.8. The van der Waals surface area contributed by atoms with Crippen molar-refractivity contribution >= 4 is 66.7 Å². The molecule has 2 aromatic rings. The van der Waals surface area contributed by atoms with E-state index in [1.54, 1.807) is 49.4 Å². The van der Waals surface area contributed by atoms with Crippen LogP contribution in [-0.4, -0.2) is 50.0 Å². The topological polar surface area (TPSA) is 86.8 Å². The number of carbonyl (C=O) groups is 2. The highest BCUT2D eigenvalue weighted by atomic mass is 79.9. The average molecular weight is 593 g/mol. The van der Waals surface area contributed by atoms with Crippen molar-refractivity contribution in [2.45, 2.75) is 45.8 Å². The molecule has 2 aromatic carbocycles. The van der Waals surface area contributed by atoms with E-state index in [2.05, 4.69) is 21.2 Å². The first kappa shape index (κ1) is 28.4. The number of nitrogens with one attached hydrogen (secondary N) is 1. The summed E-state index contributed by atoms with van der Waals surface area (Å²) in [5.41, 5.74) is 0.897. The zero-order valence-corrected chi connectivity index (χ0v) is 23.3. The molecule has 7 nitrogen and oxygen atoms in total. The maximum Gasteiger partial charge on any atom is 0.244 e. The molecule has 0 radical (unpaired) electrons. The molecule has 0 aliphatic carbocycles. The van der Waals surface area contributed by atoms with Crippen molar-refractivity contribution < 1.29 is 18.0 Å². The molecule has 0 spiro atoms. The van der Waals surface area contributed by atoms with Crippen molar-refractivity contribution in [1.29, 1.82) is 0 Å². The van der Waals surface area contributed by atoms with Crippen LogP contribution in [0.2, 0.25) is 10.0 Å². The Balaban J connectivity index is 2.43. The van der Waals surface area contributed by atoms with Crippen molar-refractivity contribution in [2.24, 2.45) is 0 Å². The summed E-state index contributed by atoms with van der Waals surface area (Å²) in [5, 5.41) is 3.65. The van der Waals surface area contributed by atoms with Gasteiger partial charge in [0.1, 0.15) is 12.6 Å². The Morgan fingerprint density at radius 3 is 2.32 bits per heavy atom. The first-order valence-electron chi connectivity index (χ1n) is 10.6. The predicted octanol–water partition coefficient (Wildman–Crippen LogP) is 4.85. The summed E-state index contributed by atoms with van der Waals surface area (Å²) in [6.07, 6.45) is 1.75. The van der Waals surface area contributed by atoms with E-state index >= 15 is 0 Å². The summed E-state index contributed by atoms with van der Waals surface area (Å²) in [7, 11) is -3.81. The molecule has 11 heteroatoms. The van der Waals surface area contributed by atoms with Crippen LogP contribution in [0.25, 0.3) is 0 Å². The molecule has 0 aromatic heterocycles. The van der Waals surface area contributed by atoms with Crippen LogP contribution in [0.5, 0.6) is 0 Å². The van der Waals surface area contributed by atoms with Crippen molar-refractivity contribution in [3.8, 4) is 0 Å². The highest BCUT2D eigenvalue weighted by Gasteiger charge is 2.31. The third-order valence-corrected chi connectivity index (χ3v) is 7.71. The van der Waals surface area contributed by atoms with Gasteiger partial charge in [-0.3, -0.25) is 13.9 Å². The molecule has 2 amide bonds. The number of nitrogens with zero attached hydrogens (tertiary/aromatic N) is 2. The Bertz CT molecular complexity index is 1150. The SMILES string of the molecule is CC[C@@H](C)NC(=O)[C@@H](C)N(Cc1ccc(Cl)cc1Cl)C(=O)CN(c1ccccc1Br)S(C)(=O)=O. The summed E-state index contributed by atoms with van der Waals surface area (Å²) in [6, 6.07) is 10.6. The van der Waals surface area contributed by atoms with Gasteiger partial charge in [-0.2, -0.15) is 0 Å². The molecule has 2 atom stereocenters. The summed E-state index contributed by atoms with van der Waals surface area (Å²) < 4.78 is 26.7. The highest BCUT2D eigenvalue weighted by Crippen LogP contribution is 2.28.